The second-order valence-corrected chi connectivity index (χ2v) is 8.50. The van der Waals surface area contributed by atoms with E-state index < -0.39 is 12.1 Å². The molecule has 2 amide bonds. The third-order valence-electron chi connectivity index (χ3n) is 5.41. The second kappa shape index (κ2) is 12.1. The minimum atomic E-state index is -0.742. The summed E-state index contributed by atoms with van der Waals surface area (Å²) in [6, 6.07) is 10.2. The van der Waals surface area contributed by atoms with Crippen LogP contribution in [0.3, 0.4) is 0 Å². The van der Waals surface area contributed by atoms with Crippen molar-refractivity contribution in [2.24, 2.45) is 0 Å². The maximum atomic E-state index is 13.4. The number of piperidine rings is 1. The van der Waals surface area contributed by atoms with Gasteiger partial charge in [0.15, 0.2) is 5.78 Å². The molecule has 2 saturated heterocycles. The molecule has 1 aromatic heterocycles. The van der Waals surface area contributed by atoms with Crippen molar-refractivity contribution in [1.82, 2.24) is 10.2 Å². The fourth-order valence-corrected chi connectivity index (χ4v) is 4.92. The molecule has 0 unspecified atom stereocenters. The lowest BCUT2D eigenvalue weighted by molar-refractivity contribution is -0.141. The Labute approximate surface area is 199 Å². The van der Waals surface area contributed by atoms with E-state index >= 15 is 0 Å². The second-order valence-electron chi connectivity index (χ2n) is 7.47. The van der Waals surface area contributed by atoms with Gasteiger partial charge in [-0.2, -0.15) is 25.3 Å². The van der Waals surface area contributed by atoms with Gasteiger partial charge < -0.3 is 19.4 Å². The molecule has 1 N–H and O–H groups in total. The van der Waals surface area contributed by atoms with Gasteiger partial charge in [0.2, 0.25) is 5.91 Å². The number of rotatable bonds is 7. The van der Waals surface area contributed by atoms with Crippen LogP contribution in [0.1, 0.15) is 36.2 Å². The quantitative estimate of drug-likeness (QED) is 0.658. The van der Waals surface area contributed by atoms with E-state index in [-0.39, 0.29) is 51.2 Å². The van der Waals surface area contributed by atoms with Crippen LogP contribution in [0.5, 0.6) is 0 Å². The van der Waals surface area contributed by atoms with Crippen molar-refractivity contribution in [2.45, 2.75) is 44.2 Å². The standard InChI is InChI=1S/C22H24N2O5S.CH4.H2S/c25-18-12-29-19-7-4-9-24(20(18)19)22(27)17(23-21(26)16-8-10-28-11-16)14-30-13-15-5-2-1-3-6-15;;/h1-3,5-6,8,10-11,17,19-20H,4,7,9,12-14H2,(H,23,26);1H4;1H2/t17-,19+,20+;;/m0../s1. The molecule has 2 aromatic rings. The number of nitrogens with one attached hydrogen (secondary N) is 1. The first kappa shape index (κ1) is 26.0. The lowest BCUT2D eigenvalue weighted by Gasteiger charge is -2.37. The summed E-state index contributed by atoms with van der Waals surface area (Å²) in [6.45, 7) is 0.546. The SMILES string of the molecule is C.O=C(N[C@@H](CSCc1ccccc1)C(=O)N1CCC[C@H]2OCC(=O)[C@H]21)c1ccoc1.S. The number of ether oxygens (including phenoxy) is 1. The predicted octanol–water partition coefficient (Wildman–Crippen LogP) is 3.02. The van der Waals surface area contributed by atoms with Crippen molar-refractivity contribution in [2.75, 3.05) is 18.9 Å². The molecular weight excluding hydrogens is 448 g/mol. The predicted molar refractivity (Wildman–Crippen MR) is 129 cm³/mol. The van der Waals surface area contributed by atoms with Crippen molar-refractivity contribution in [3.8, 4) is 0 Å². The number of benzene rings is 1. The highest BCUT2D eigenvalue weighted by atomic mass is 32.2. The summed E-state index contributed by atoms with van der Waals surface area (Å²) in [4.78, 5) is 39.9. The highest BCUT2D eigenvalue weighted by Crippen LogP contribution is 2.27. The molecule has 32 heavy (non-hydrogen) atoms. The van der Waals surface area contributed by atoms with E-state index in [2.05, 4.69) is 5.32 Å². The molecule has 2 fully saturated rings. The molecule has 2 aliphatic heterocycles. The summed E-state index contributed by atoms with van der Waals surface area (Å²) in [5, 5.41) is 2.83. The molecule has 1 aromatic carbocycles. The zero-order valence-corrected chi connectivity index (χ0v) is 18.8. The first-order valence-electron chi connectivity index (χ1n) is 10.0. The fourth-order valence-electron chi connectivity index (χ4n) is 3.92. The number of likely N-dealkylation sites (tertiary alicyclic amines) is 1. The fraction of sp³-hybridized carbons (Fsp3) is 0.435. The Bertz CT molecular complexity index is 891. The summed E-state index contributed by atoms with van der Waals surface area (Å²) < 4.78 is 10.5. The van der Waals surface area contributed by atoms with Crippen LogP contribution in [0.25, 0.3) is 0 Å². The van der Waals surface area contributed by atoms with Gasteiger partial charge in [0.1, 0.15) is 25.0 Å². The van der Waals surface area contributed by atoms with Crippen LogP contribution in [0.4, 0.5) is 0 Å². The number of hydrogen-bond acceptors (Lipinski definition) is 6. The first-order chi connectivity index (χ1) is 14.6. The van der Waals surface area contributed by atoms with Gasteiger partial charge in [0, 0.05) is 18.1 Å². The molecule has 2 aliphatic rings. The number of Topliss-reactive ketones (excluding diaryl/α,β-unsaturated/α-hetero) is 1. The Kier molecular flexibility index (Phi) is 9.86. The monoisotopic (exact) mass is 478 g/mol. The molecule has 9 heteroatoms. The van der Waals surface area contributed by atoms with E-state index in [4.69, 9.17) is 9.15 Å². The maximum absolute atomic E-state index is 13.4. The average Bonchev–Trinajstić information content (AvgIpc) is 3.44. The molecule has 0 saturated carbocycles. The van der Waals surface area contributed by atoms with Crippen molar-refractivity contribution in [1.29, 1.82) is 0 Å². The van der Waals surface area contributed by atoms with Crippen LogP contribution >= 0.6 is 25.3 Å². The Morgan fingerprint density at radius 2 is 2.00 bits per heavy atom. The summed E-state index contributed by atoms with van der Waals surface area (Å²) in [7, 11) is 0. The molecule has 0 bridgehead atoms. The number of thioether (sulfide) groups is 1. The van der Waals surface area contributed by atoms with Gasteiger partial charge in [-0.1, -0.05) is 37.8 Å². The van der Waals surface area contributed by atoms with Gasteiger partial charge in [-0.05, 0) is 24.5 Å². The number of furan rings is 1. The van der Waals surface area contributed by atoms with Gasteiger partial charge >= 0.3 is 0 Å². The minimum absolute atomic E-state index is 0. The van der Waals surface area contributed by atoms with E-state index in [9.17, 15) is 14.4 Å². The minimum Gasteiger partial charge on any atom is -0.472 e. The lowest BCUT2D eigenvalue weighted by atomic mass is 9.97. The van der Waals surface area contributed by atoms with Crippen molar-refractivity contribution >= 4 is 42.9 Å². The Morgan fingerprint density at radius 3 is 2.72 bits per heavy atom. The number of fused-ring (bicyclic) bond motifs is 1. The number of nitrogens with zero attached hydrogens (tertiary/aromatic N) is 1. The van der Waals surface area contributed by atoms with Crippen molar-refractivity contribution in [3.63, 3.8) is 0 Å². The third-order valence-corrected chi connectivity index (χ3v) is 6.52. The average molecular weight is 479 g/mol. The topological polar surface area (TPSA) is 88.9 Å². The summed E-state index contributed by atoms with van der Waals surface area (Å²) in [6.07, 6.45) is 4.07. The van der Waals surface area contributed by atoms with Crippen LogP contribution in [0.15, 0.2) is 53.3 Å². The number of hydrogen-bond donors (Lipinski definition) is 1. The zero-order chi connectivity index (χ0) is 20.9. The molecule has 3 heterocycles. The molecule has 7 nitrogen and oxygen atoms in total. The smallest absolute Gasteiger partial charge is 0.255 e. The van der Waals surface area contributed by atoms with E-state index in [1.54, 1.807) is 22.7 Å². The van der Waals surface area contributed by atoms with E-state index in [0.717, 1.165) is 24.2 Å². The number of amides is 2. The highest BCUT2D eigenvalue weighted by molar-refractivity contribution is 7.98. The van der Waals surface area contributed by atoms with E-state index in [1.165, 1.54) is 12.5 Å². The molecule has 0 spiro atoms. The molecule has 0 aliphatic carbocycles. The van der Waals surface area contributed by atoms with Crippen molar-refractivity contribution in [3.05, 3.63) is 60.1 Å². The van der Waals surface area contributed by atoms with Gasteiger partial charge in [0.25, 0.3) is 5.91 Å². The van der Waals surface area contributed by atoms with Gasteiger partial charge in [-0.15, -0.1) is 0 Å². The summed E-state index contributed by atoms with van der Waals surface area (Å²) in [5.41, 5.74) is 1.50. The lowest BCUT2D eigenvalue weighted by Crippen LogP contribution is -2.58. The summed E-state index contributed by atoms with van der Waals surface area (Å²) >= 11 is 1.57. The van der Waals surface area contributed by atoms with Crippen LogP contribution in [0.2, 0.25) is 0 Å². The molecule has 3 atom stereocenters. The molecule has 4 rings (SSSR count). The molecular formula is C23H30N2O5S2. The highest BCUT2D eigenvalue weighted by Gasteiger charge is 2.45. The number of carbonyl (C=O) groups is 3. The number of carbonyl (C=O) groups excluding carboxylic acids is 3. The normalized spacial score (nSPS) is 20.5. The zero-order valence-electron chi connectivity index (χ0n) is 17.0. The van der Waals surface area contributed by atoms with Gasteiger partial charge in [-0.25, -0.2) is 0 Å². The largest absolute Gasteiger partial charge is 0.472 e. The first-order valence-corrected chi connectivity index (χ1v) is 11.2. The van der Waals surface area contributed by atoms with E-state index in [0.29, 0.717) is 17.9 Å². The van der Waals surface area contributed by atoms with Crippen LogP contribution in [-0.4, -0.2) is 59.6 Å². The van der Waals surface area contributed by atoms with Gasteiger partial charge in [-0.3, -0.25) is 14.4 Å². The third kappa shape index (κ3) is 5.96. The molecule has 0 radical (unpaired) electrons. The Morgan fingerprint density at radius 1 is 1.22 bits per heavy atom. The van der Waals surface area contributed by atoms with Gasteiger partial charge in [0.05, 0.1) is 17.9 Å². The van der Waals surface area contributed by atoms with Crippen molar-refractivity contribution < 1.29 is 23.5 Å². The Balaban J connectivity index is 0.00000181. The van der Waals surface area contributed by atoms with Crippen LogP contribution in [0, 0.1) is 0 Å². The maximum Gasteiger partial charge on any atom is 0.255 e. The van der Waals surface area contributed by atoms with Crippen LogP contribution < -0.4 is 5.32 Å². The summed E-state index contributed by atoms with van der Waals surface area (Å²) in [5.74, 6) is 0.455. The van der Waals surface area contributed by atoms with Crippen LogP contribution in [-0.2, 0) is 20.1 Å². The Hall–Kier alpha value is -2.23. The number of ketones is 1. The molecule has 174 valence electrons. The van der Waals surface area contributed by atoms with E-state index in [1.807, 2.05) is 30.3 Å².